The van der Waals surface area contributed by atoms with Gasteiger partial charge in [-0.1, -0.05) is 29.8 Å². The van der Waals surface area contributed by atoms with Gasteiger partial charge in [0.1, 0.15) is 18.1 Å². The number of nitrogens with one attached hydrogen (secondary N) is 2. The van der Waals surface area contributed by atoms with E-state index in [1.807, 2.05) is 30.3 Å². The fourth-order valence-electron chi connectivity index (χ4n) is 2.10. The number of hydrogen-bond donors (Lipinski definition) is 2. The Morgan fingerprint density at radius 2 is 1.58 bits per heavy atom. The molecule has 0 bridgehead atoms. The molecule has 2 amide bonds. The van der Waals surface area contributed by atoms with Crippen LogP contribution < -0.4 is 15.6 Å². The van der Waals surface area contributed by atoms with Crippen LogP contribution in [0.2, 0.25) is 5.02 Å². The minimum Gasteiger partial charge on any atom is -0.486 e. The second kappa shape index (κ2) is 8.22. The van der Waals surface area contributed by atoms with E-state index in [0.29, 0.717) is 22.1 Å². The standard InChI is InChI=1S/C19H15ClN2O4/c20-14-8-6-13(7-9-14)18(23)21-22-19(24)17-11-10-16(26-17)12-25-15-4-2-1-3-5-15/h1-11H,12H2,(H,21,23)(H,22,24). The molecule has 1 heterocycles. The molecule has 2 N–H and O–H groups in total. The molecule has 2 aromatic carbocycles. The van der Waals surface area contributed by atoms with E-state index in [1.165, 1.54) is 6.07 Å². The topological polar surface area (TPSA) is 80.6 Å². The molecule has 26 heavy (non-hydrogen) atoms. The van der Waals surface area contributed by atoms with Gasteiger partial charge < -0.3 is 9.15 Å². The van der Waals surface area contributed by atoms with Gasteiger partial charge in [0.05, 0.1) is 0 Å². The quantitative estimate of drug-likeness (QED) is 0.672. The Kier molecular flexibility index (Phi) is 5.56. The van der Waals surface area contributed by atoms with Crippen LogP contribution in [0.5, 0.6) is 5.75 Å². The van der Waals surface area contributed by atoms with Crippen molar-refractivity contribution in [3.63, 3.8) is 0 Å². The summed E-state index contributed by atoms with van der Waals surface area (Å²) >= 11 is 5.77. The molecular weight excluding hydrogens is 356 g/mol. The van der Waals surface area contributed by atoms with Crippen LogP contribution in [-0.2, 0) is 6.61 Å². The number of halogens is 1. The molecule has 0 aliphatic rings. The summed E-state index contributed by atoms with van der Waals surface area (Å²) in [5, 5.41) is 0.520. The summed E-state index contributed by atoms with van der Waals surface area (Å²) in [6.45, 7) is 0.189. The highest BCUT2D eigenvalue weighted by atomic mass is 35.5. The number of amides is 2. The Bertz CT molecular complexity index is 891. The lowest BCUT2D eigenvalue weighted by Gasteiger charge is -2.06. The molecule has 0 atom stereocenters. The second-order valence-corrected chi connectivity index (χ2v) is 5.72. The van der Waals surface area contributed by atoms with Gasteiger partial charge in [-0.05, 0) is 48.5 Å². The second-order valence-electron chi connectivity index (χ2n) is 5.28. The monoisotopic (exact) mass is 370 g/mol. The lowest BCUT2D eigenvalue weighted by atomic mass is 10.2. The Balaban J connectivity index is 1.51. The molecule has 3 rings (SSSR count). The van der Waals surface area contributed by atoms with E-state index >= 15 is 0 Å². The predicted molar refractivity (Wildman–Crippen MR) is 95.9 cm³/mol. The van der Waals surface area contributed by atoms with Crippen LogP contribution in [0.3, 0.4) is 0 Å². The van der Waals surface area contributed by atoms with E-state index in [1.54, 1.807) is 30.3 Å². The van der Waals surface area contributed by atoms with Crippen LogP contribution in [0.15, 0.2) is 71.1 Å². The van der Waals surface area contributed by atoms with E-state index in [0.717, 1.165) is 0 Å². The van der Waals surface area contributed by atoms with E-state index in [9.17, 15) is 9.59 Å². The minimum atomic E-state index is -0.571. The van der Waals surface area contributed by atoms with E-state index < -0.39 is 11.8 Å². The lowest BCUT2D eigenvalue weighted by molar-refractivity contribution is 0.0828. The van der Waals surface area contributed by atoms with Crippen molar-refractivity contribution in [2.75, 3.05) is 0 Å². The molecular formula is C19H15ClN2O4. The molecule has 7 heteroatoms. The maximum absolute atomic E-state index is 12.0. The number of rotatable bonds is 5. The summed E-state index contributed by atoms with van der Waals surface area (Å²) in [7, 11) is 0. The number of para-hydroxylation sites is 1. The molecule has 0 saturated heterocycles. The van der Waals surface area contributed by atoms with Crippen molar-refractivity contribution in [3.05, 3.63) is 88.8 Å². The zero-order valence-electron chi connectivity index (χ0n) is 13.6. The van der Waals surface area contributed by atoms with Gasteiger partial charge in [-0.25, -0.2) is 0 Å². The first kappa shape index (κ1) is 17.6. The number of benzene rings is 2. The average molecular weight is 371 g/mol. The molecule has 0 unspecified atom stereocenters. The third-order valence-corrected chi connectivity index (χ3v) is 3.66. The molecule has 0 fully saturated rings. The molecule has 6 nitrogen and oxygen atoms in total. The molecule has 0 aliphatic carbocycles. The van der Waals surface area contributed by atoms with E-state index in [-0.39, 0.29) is 12.4 Å². The van der Waals surface area contributed by atoms with Gasteiger partial charge >= 0.3 is 5.91 Å². The van der Waals surface area contributed by atoms with Gasteiger partial charge in [0.25, 0.3) is 5.91 Å². The fourth-order valence-corrected chi connectivity index (χ4v) is 2.22. The Labute approximate surface area is 154 Å². The van der Waals surface area contributed by atoms with Crippen molar-refractivity contribution >= 4 is 23.4 Å². The zero-order chi connectivity index (χ0) is 18.4. The SMILES string of the molecule is O=C(NNC(=O)c1ccc(COc2ccccc2)o1)c1ccc(Cl)cc1. The summed E-state index contributed by atoms with van der Waals surface area (Å²) in [5.74, 6) is 0.216. The van der Waals surface area contributed by atoms with E-state index in [4.69, 9.17) is 20.8 Å². The van der Waals surface area contributed by atoms with Gasteiger partial charge in [-0.15, -0.1) is 0 Å². The first-order valence-electron chi connectivity index (χ1n) is 7.74. The van der Waals surface area contributed by atoms with Crippen molar-refractivity contribution in [2.24, 2.45) is 0 Å². The number of hydrogen-bond acceptors (Lipinski definition) is 4. The molecule has 0 spiro atoms. The minimum absolute atomic E-state index is 0.0630. The van der Waals surface area contributed by atoms with Gasteiger partial charge in [0.15, 0.2) is 5.76 Å². The van der Waals surface area contributed by atoms with Crippen LogP contribution in [0.1, 0.15) is 26.7 Å². The van der Waals surface area contributed by atoms with Crippen molar-refractivity contribution in [2.45, 2.75) is 6.61 Å². The number of ether oxygens (including phenoxy) is 1. The summed E-state index contributed by atoms with van der Waals surface area (Å²) in [6, 6.07) is 18.7. The van der Waals surface area contributed by atoms with Crippen molar-refractivity contribution in [1.82, 2.24) is 10.9 Å². The average Bonchev–Trinajstić information content (AvgIpc) is 3.15. The van der Waals surface area contributed by atoms with Gasteiger partial charge in [0, 0.05) is 10.6 Å². The maximum atomic E-state index is 12.0. The summed E-state index contributed by atoms with van der Waals surface area (Å²) in [6.07, 6.45) is 0. The Morgan fingerprint density at radius 3 is 2.31 bits per heavy atom. The van der Waals surface area contributed by atoms with Gasteiger partial charge in [-0.3, -0.25) is 20.4 Å². The number of carbonyl (C=O) groups is 2. The molecule has 0 saturated carbocycles. The number of hydrazine groups is 1. The third kappa shape index (κ3) is 4.64. The molecule has 0 radical (unpaired) electrons. The Hall–Kier alpha value is -3.25. The molecule has 1 aromatic heterocycles. The number of carbonyl (C=O) groups excluding carboxylic acids is 2. The van der Waals surface area contributed by atoms with Crippen molar-refractivity contribution < 1.29 is 18.7 Å². The highest BCUT2D eigenvalue weighted by Gasteiger charge is 2.13. The first-order valence-corrected chi connectivity index (χ1v) is 8.12. The van der Waals surface area contributed by atoms with Crippen LogP contribution in [0, 0.1) is 0 Å². The van der Waals surface area contributed by atoms with Crippen LogP contribution in [0.25, 0.3) is 0 Å². The summed E-state index contributed by atoms with van der Waals surface area (Å²) in [4.78, 5) is 24.0. The highest BCUT2D eigenvalue weighted by Crippen LogP contribution is 2.14. The predicted octanol–water partition coefficient (Wildman–Crippen LogP) is 3.59. The summed E-state index contributed by atoms with van der Waals surface area (Å²) < 4.78 is 11.0. The lowest BCUT2D eigenvalue weighted by Crippen LogP contribution is -2.41. The molecule has 3 aromatic rings. The van der Waals surface area contributed by atoms with Crippen LogP contribution in [-0.4, -0.2) is 11.8 Å². The van der Waals surface area contributed by atoms with E-state index in [2.05, 4.69) is 10.9 Å². The highest BCUT2D eigenvalue weighted by molar-refractivity contribution is 6.30. The molecule has 0 aliphatic heterocycles. The molecule has 132 valence electrons. The Morgan fingerprint density at radius 1 is 0.885 bits per heavy atom. The third-order valence-electron chi connectivity index (χ3n) is 3.41. The smallest absolute Gasteiger partial charge is 0.305 e. The van der Waals surface area contributed by atoms with Crippen LogP contribution >= 0.6 is 11.6 Å². The normalized spacial score (nSPS) is 10.2. The fraction of sp³-hybridized carbons (Fsp3) is 0.0526. The largest absolute Gasteiger partial charge is 0.486 e. The van der Waals surface area contributed by atoms with Gasteiger partial charge in [0.2, 0.25) is 0 Å². The first-order chi connectivity index (χ1) is 12.6. The zero-order valence-corrected chi connectivity index (χ0v) is 14.3. The van der Waals surface area contributed by atoms with Gasteiger partial charge in [-0.2, -0.15) is 0 Å². The van der Waals surface area contributed by atoms with Crippen molar-refractivity contribution in [1.29, 1.82) is 0 Å². The van der Waals surface area contributed by atoms with Crippen molar-refractivity contribution in [3.8, 4) is 5.75 Å². The summed E-state index contributed by atoms with van der Waals surface area (Å²) in [5.41, 5.74) is 4.97. The number of furan rings is 1. The van der Waals surface area contributed by atoms with Crippen LogP contribution in [0.4, 0.5) is 0 Å². The maximum Gasteiger partial charge on any atom is 0.305 e.